The van der Waals surface area contributed by atoms with Crippen LogP contribution in [0.3, 0.4) is 0 Å². The molecule has 1 saturated heterocycles. The van der Waals surface area contributed by atoms with Crippen LogP contribution >= 0.6 is 11.3 Å². The van der Waals surface area contributed by atoms with Gasteiger partial charge in [0, 0.05) is 24.4 Å². The van der Waals surface area contributed by atoms with Gasteiger partial charge in [-0.15, -0.1) is 11.3 Å². The molecule has 0 unspecified atom stereocenters. The third-order valence-electron chi connectivity index (χ3n) is 3.16. The summed E-state index contributed by atoms with van der Waals surface area (Å²) in [6.07, 6.45) is 3.51. The van der Waals surface area contributed by atoms with Crippen LogP contribution in [-0.2, 0) is 16.0 Å². The predicted molar refractivity (Wildman–Crippen MR) is 71.9 cm³/mol. The van der Waals surface area contributed by atoms with Crippen LogP contribution in [0.15, 0.2) is 0 Å². The SMILES string of the molecule is Cc1nc(CCCNC(=O)[C@H]2CCCO2)sc1C. The van der Waals surface area contributed by atoms with E-state index in [2.05, 4.69) is 17.2 Å². The van der Waals surface area contributed by atoms with E-state index in [1.165, 1.54) is 4.88 Å². The summed E-state index contributed by atoms with van der Waals surface area (Å²) in [6, 6.07) is 0. The first-order valence-electron chi connectivity index (χ1n) is 6.49. The number of rotatable bonds is 5. The molecule has 0 aromatic carbocycles. The van der Waals surface area contributed by atoms with Crippen LogP contribution in [0.2, 0.25) is 0 Å². The summed E-state index contributed by atoms with van der Waals surface area (Å²) in [6.45, 7) is 5.55. The van der Waals surface area contributed by atoms with Gasteiger partial charge in [-0.25, -0.2) is 4.98 Å². The monoisotopic (exact) mass is 268 g/mol. The molecule has 0 saturated carbocycles. The van der Waals surface area contributed by atoms with Crippen LogP contribution in [0.25, 0.3) is 0 Å². The minimum atomic E-state index is -0.214. The molecule has 1 amide bonds. The molecule has 1 atom stereocenters. The molecule has 2 rings (SSSR count). The highest BCUT2D eigenvalue weighted by Crippen LogP contribution is 2.17. The van der Waals surface area contributed by atoms with Gasteiger partial charge >= 0.3 is 0 Å². The summed E-state index contributed by atoms with van der Waals surface area (Å²) in [5.74, 6) is 0.0407. The van der Waals surface area contributed by atoms with E-state index in [0.717, 1.165) is 43.0 Å². The first-order valence-corrected chi connectivity index (χ1v) is 7.30. The van der Waals surface area contributed by atoms with Gasteiger partial charge in [0.15, 0.2) is 0 Å². The highest BCUT2D eigenvalue weighted by molar-refractivity contribution is 7.11. The Kier molecular flexibility index (Phi) is 4.72. The number of hydrogen-bond donors (Lipinski definition) is 1. The van der Waals surface area contributed by atoms with Crippen molar-refractivity contribution in [3.8, 4) is 0 Å². The van der Waals surface area contributed by atoms with E-state index in [0.29, 0.717) is 6.54 Å². The molecule has 4 nitrogen and oxygen atoms in total. The molecule has 1 aliphatic rings. The summed E-state index contributed by atoms with van der Waals surface area (Å²) in [5, 5.41) is 4.09. The van der Waals surface area contributed by atoms with Crippen molar-refractivity contribution in [3.05, 3.63) is 15.6 Å². The van der Waals surface area contributed by atoms with Gasteiger partial charge in [0.1, 0.15) is 6.10 Å². The number of nitrogens with zero attached hydrogens (tertiary/aromatic N) is 1. The Hall–Kier alpha value is -0.940. The molecule has 0 aliphatic carbocycles. The third-order valence-corrected chi connectivity index (χ3v) is 4.29. The zero-order chi connectivity index (χ0) is 13.0. The van der Waals surface area contributed by atoms with Crippen LogP contribution in [0, 0.1) is 13.8 Å². The number of ether oxygens (including phenoxy) is 1. The van der Waals surface area contributed by atoms with Gasteiger partial charge in [-0.1, -0.05) is 0 Å². The molecular weight excluding hydrogens is 248 g/mol. The predicted octanol–water partition coefficient (Wildman–Crippen LogP) is 1.99. The molecule has 100 valence electrons. The van der Waals surface area contributed by atoms with Crippen molar-refractivity contribution in [2.75, 3.05) is 13.2 Å². The van der Waals surface area contributed by atoms with Gasteiger partial charge < -0.3 is 10.1 Å². The number of thiazole rings is 1. The Morgan fingerprint density at radius 1 is 1.56 bits per heavy atom. The Bertz CT molecular complexity index is 392. The Labute approximate surface area is 112 Å². The van der Waals surface area contributed by atoms with E-state index in [-0.39, 0.29) is 12.0 Å². The summed E-state index contributed by atoms with van der Waals surface area (Å²) in [7, 11) is 0. The van der Waals surface area contributed by atoms with E-state index in [1.54, 1.807) is 11.3 Å². The fourth-order valence-electron chi connectivity index (χ4n) is 2.00. The average molecular weight is 268 g/mol. The maximum atomic E-state index is 11.7. The number of aryl methyl sites for hydroxylation is 3. The Balaban J connectivity index is 1.65. The summed E-state index contributed by atoms with van der Waals surface area (Å²) in [5.41, 5.74) is 1.12. The number of amides is 1. The van der Waals surface area contributed by atoms with Crippen molar-refractivity contribution in [1.82, 2.24) is 10.3 Å². The first-order chi connectivity index (χ1) is 8.66. The summed E-state index contributed by atoms with van der Waals surface area (Å²) >= 11 is 1.75. The van der Waals surface area contributed by atoms with Gasteiger partial charge in [0.25, 0.3) is 0 Å². The largest absolute Gasteiger partial charge is 0.368 e. The van der Waals surface area contributed by atoms with Crippen LogP contribution in [0.5, 0.6) is 0 Å². The molecule has 0 radical (unpaired) electrons. The Morgan fingerprint density at radius 3 is 3.00 bits per heavy atom. The lowest BCUT2D eigenvalue weighted by molar-refractivity contribution is -0.130. The minimum Gasteiger partial charge on any atom is -0.368 e. The van der Waals surface area contributed by atoms with Crippen LogP contribution in [0.1, 0.15) is 34.8 Å². The molecule has 0 spiro atoms. The second kappa shape index (κ2) is 6.29. The molecule has 2 heterocycles. The molecule has 1 N–H and O–H groups in total. The second-order valence-electron chi connectivity index (χ2n) is 4.65. The van der Waals surface area contributed by atoms with E-state index in [1.807, 2.05) is 6.92 Å². The quantitative estimate of drug-likeness (QED) is 0.831. The third kappa shape index (κ3) is 3.53. The Morgan fingerprint density at radius 2 is 2.39 bits per heavy atom. The van der Waals surface area contributed by atoms with Crippen molar-refractivity contribution < 1.29 is 9.53 Å². The average Bonchev–Trinajstić information content (AvgIpc) is 2.96. The molecule has 5 heteroatoms. The molecule has 1 fully saturated rings. The van der Waals surface area contributed by atoms with Gasteiger partial charge in [-0.05, 0) is 33.1 Å². The molecule has 1 aromatic heterocycles. The highest BCUT2D eigenvalue weighted by atomic mass is 32.1. The van der Waals surface area contributed by atoms with Gasteiger partial charge in [-0.2, -0.15) is 0 Å². The van der Waals surface area contributed by atoms with Crippen molar-refractivity contribution in [2.45, 2.75) is 45.6 Å². The van der Waals surface area contributed by atoms with Crippen LogP contribution in [-0.4, -0.2) is 30.1 Å². The normalized spacial score (nSPS) is 19.1. The van der Waals surface area contributed by atoms with Crippen molar-refractivity contribution >= 4 is 17.2 Å². The number of aromatic nitrogens is 1. The summed E-state index contributed by atoms with van der Waals surface area (Å²) < 4.78 is 5.33. The lowest BCUT2D eigenvalue weighted by atomic mass is 10.2. The second-order valence-corrected chi connectivity index (χ2v) is 5.93. The van der Waals surface area contributed by atoms with Crippen molar-refractivity contribution in [3.63, 3.8) is 0 Å². The zero-order valence-corrected chi connectivity index (χ0v) is 11.8. The lowest BCUT2D eigenvalue weighted by Crippen LogP contribution is -2.34. The maximum Gasteiger partial charge on any atom is 0.249 e. The smallest absolute Gasteiger partial charge is 0.249 e. The van der Waals surface area contributed by atoms with Gasteiger partial charge in [0.2, 0.25) is 5.91 Å². The van der Waals surface area contributed by atoms with Gasteiger partial charge in [-0.3, -0.25) is 4.79 Å². The molecular formula is C13H20N2O2S. The first kappa shape index (κ1) is 13.5. The zero-order valence-electron chi connectivity index (χ0n) is 11.0. The highest BCUT2D eigenvalue weighted by Gasteiger charge is 2.22. The fraction of sp³-hybridized carbons (Fsp3) is 0.692. The molecule has 1 aromatic rings. The van der Waals surface area contributed by atoms with E-state index in [9.17, 15) is 4.79 Å². The molecule has 1 aliphatic heterocycles. The maximum absolute atomic E-state index is 11.7. The number of nitrogens with one attached hydrogen (secondary N) is 1. The van der Waals surface area contributed by atoms with Crippen LogP contribution < -0.4 is 5.32 Å². The number of hydrogen-bond acceptors (Lipinski definition) is 4. The lowest BCUT2D eigenvalue weighted by Gasteiger charge is -2.09. The number of carbonyl (C=O) groups excluding carboxylic acids is 1. The fourth-order valence-corrected chi connectivity index (χ4v) is 2.97. The topological polar surface area (TPSA) is 51.2 Å². The van der Waals surface area contributed by atoms with Crippen LogP contribution in [0.4, 0.5) is 0 Å². The summed E-state index contributed by atoms with van der Waals surface area (Å²) in [4.78, 5) is 17.4. The number of carbonyl (C=O) groups is 1. The standard InChI is InChI=1S/C13H20N2O2S/c1-9-10(2)18-12(15-9)6-3-7-14-13(16)11-5-4-8-17-11/h11H,3-8H2,1-2H3,(H,14,16)/t11-/m1/s1. The van der Waals surface area contributed by atoms with Gasteiger partial charge in [0.05, 0.1) is 10.7 Å². The van der Waals surface area contributed by atoms with Crippen molar-refractivity contribution in [2.24, 2.45) is 0 Å². The van der Waals surface area contributed by atoms with E-state index >= 15 is 0 Å². The van der Waals surface area contributed by atoms with Crippen molar-refractivity contribution in [1.29, 1.82) is 0 Å². The van der Waals surface area contributed by atoms with E-state index in [4.69, 9.17) is 4.74 Å². The van der Waals surface area contributed by atoms with E-state index < -0.39 is 0 Å². The molecule has 18 heavy (non-hydrogen) atoms. The minimum absolute atomic E-state index is 0.0407. The molecule has 0 bridgehead atoms.